The first-order valence-electron chi connectivity index (χ1n) is 4.22. The van der Waals surface area contributed by atoms with Crippen molar-refractivity contribution in [3.05, 3.63) is 0 Å². The lowest BCUT2D eigenvalue weighted by Crippen LogP contribution is -2.31. The van der Waals surface area contributed by atoms with Gasteiger partial charge in [-0.3, -0.25) is 0 Å². The molecule has 66 valence electrons. The molecule has 0 aromatic heterocycles. The second-order valence-corrected chi connectivity index (χ2v) is 3.70. The molecule has 0 aromatic rings. The summed E-state index contributed by atoms with van der Waals surface area (Å²) in [5, 5.41) is 13.0. The summed E-state index contributed by atoms with van der Waals surface area (Å²) < 4.78 is 0. The van der Waals surface area contributed by atoms with E-state index in [1.165, 1.54) is 19.3 Å². The van der Waals surface area contributed by atoms with Crippen molar-refractivity contribution in [1.29, 1.82) is 0 Å². The number of aliphatic hydroxyl groups is 1. The second kappa shape index (κ2) is 3.30. The third-order valence-electron chi connectivity index (χ3n) is 3.14. The molecule has 0 amide bonds. The maximum atomic E-state index is 9.64. The lowest BCUT2D eigenvalue weighted by Gasteiger charge is -2.25. The van der Waals surface area contributed by atoms with E-state index >= 15 is 0 Å². The van der Waals surface area contributed by atoms with Crippen molar-refractivity contribution in [3.8, 4) is 0 Å². The molecule has 1 aliphatic heterocycles. The van der Waals surface area contributed by atoms with E-state index < -0.39 is 0 Å². The van der Waals surface area contributed by atoms with Gasteiger partial charge in [-0.25, -0.2) is 0 Å². The number of hydrogen-bond acceptors (Lipinski definition) is 2. The molecule has 1 heterocycles. The minimum absolute atomic E-state index is 0. The Kier molecular flexibility index (Phi) is 2.79. The third-order valence-corrected chi connectivity index (χ3v) is 3.14. The maximum Gasteiger partial charge on any atom is 0.0609 e. The molecular formula is C8H16ClNO. The molecule has 0 aromatic carbocycles. The summed E-state index contributed by atoms with van der Waals surface area (Å²) in [6.07, 6.45) is 4.67. The van der Waals surface area contributed by atoms with Gasteiger partial charge in [0.1, 0.15) is 0 Å². The van der Waals surface area contributed by atoms with Crippen LogP contribution in [0.15, 0.2) is 0 Å². The molecule has 0 radical (unpaired) electrons. The van der Waals surface area contributed by atoms with Crippen LogP contribution in [0, 0.1) is 5.41 Å². The van der Waals surface area contributed by atoms with Gasteiger partial charge in [-0.2, -0.15) is 0 Å². The SMILES string of the molecule is Cl.OC1CCCC12CCNC2. The largest absolute Gasteiger partial charge is 0.392 e. The average Bonchev–Trinajstić information content (AvgIpc) is 2.48. The van der Waals surface area contributed by atoms with Crippen LogP contribution in [0.5, 0.6) is 0 Å². The molecule has 0 bridgehead atoms. The van der Waals surface area contributed by atoms with Crippen molar-refractivity contribution < 1.29 is 5.11 Å². The molecule has 3 heteroatoms. The highest BCUT2D eigenvalue weighted by atomic mass is 35.5. The van der Waals surface area contributed by atoms with E-state index in [1.54, 1.807) is 0 Å². The highest BCUT2D eigenvalue weighted by Gasteiger charge is 2.43. The Balaban J connectivity index is 0.000000605. The lowest BCUT2D eigenvalue weighted by atomic mass is 9.83. The number of hydrogen-bond donors (Lipinski definition) is 2. The van der Waals surface area contributed by atoms with Crippen LogP contribution >= 0.6 is 12.4 Å². The van der Waals surface area contributed by atoms with Gasteiger partial charge in [0.2, 0.25) is 0 Å². The van der Waals surface area contributed by atoms with Crippen molar-refractivity contribution in [1.82, 2.24) is 5.32 Å². The zero-order valence-electron chi connectivity index (χ0n) is 6.68. The molecule has 2 nitrogen and oxygen atoms in total. The van der Waals surface area contributed by atoms with Crippen LogP contribution in [-0.2, 0) is 0 Å². The van der Waals surface area contributed by atoms with Crippen LogP contribution in [0.25, 0.3) is 0 Å². The van der Waals surface area contributed by atoms with Crippen LogP contribution in [0.4, 0.5) is 0 Å². The predicted molar refractivity (Wildman–Crippen MR) is 47.0 cm³/mol. The van der Waals surface area contributed by atoms with Gasteiger partial charge < -0.3 is 10.4 Å². The highest BCUT2D eigenvalue weighted by molar-refractivity contribution is 5.85. The Labute approximate surface area is 73.8 Å². The van der Waals surface area contributed by atoms with Crippen LogP contribution in [0.3, 0.4) is 0 Å². The molecule has 2 fully saturated rings. The van der Waals surface area contributed by atoms with Crippen LogP contribution in [-0.4, -0.2) is 24.3 Å². The maximum absolute atomic E-state index is 9.64. The normalized spacial score (nSPS) is 42.8. The molecule has 2 N–H and O–H groups in total. The summed E-state index contributed by atoms with van der Waals surface area (Å²) >= 11 is 0. The van der Waals surface area contributed by atoms with Gasteiger partial charge >= 0.3 is 0 Å². The van der Waals surface area contributed by atoms with Gasteiger partial charge in [-0.1, -0.05) is 6.42 Å². The molecule has 2 rings (SSSR count). The number of halogens is 1. The van der Waals surface area contributed by atoms with E-state index in [1.807, 2.05) is 0 Å². The molecule has 1 saturated carbocycles. The van der Waals surface area contributed by atoms with Crippen LogP contribution in [0.1, 0.15) is 25.7 Å². The quantitative estimate of drug-likeness (QED) is 0.577. The summed E-state index contributed by atoms with van der Waals surface area (Å²) in [5.74, 6) is 0. The van der Waals surface area contributed by atoms with E-state index in [0.29, 0.717) is 5.41 Å². The van der Waals surface area contributed by atoms with E-state index in [2.05, 4.69) is 5.32 Å². The minimum Gasteiger partial charge on any atom is -0.392 e. The lowest BCUT2D eigenvalue weighted by molar-refractivity contribution is 0.0673. The van der Waals surface area contributed by atoms with Gasteiger partial charge in [-0.05, 0) is 25.8 Å². The molecule has 2 aliphatic rings. The predicted octanol–water partition coefficient (Wildman–Crippen LogP) is 0.933. The van der Waals surface area contributed by atoms with E-state index in [-0.39, 0.29) is 18.5 Å². The van der Waals surface area contributed by atoms with Crippen LogP contribution < -0.4 is 5.32 Å². The monoisotopic (exact) mass is 177 g/mol. The third kappa shape index (κ3) is 1.40. The average molecular weight is 178 g/mol. The van der Waals surface area contributed by atoms with E-state index in [4.69, 9.17) is 0 Å². The summed E-state index contributed by atoms with van der Waals surface area (Å²) in [6, 6.07) is 0. The molecule has 11 heavy (non-hydrogen) atoms. The molecule has 1 saturated heterocycles. The summed E-state index contributed by atoms with van der Waals surface area (Å²) in [7, 11) is 0. The molecule has 2 unspecified atom stereocenters. The topological polar surface area (TPSA) is 32.3 Å². The number of rotatable bonds is 0. The fourth-order valence-corrected chi connectivity index (χ4v) is 2.38. The van der Waals surface area contributed by atoms with Crippen molar-refractivity contribution in [2.75, 3.05) is 13.1 Å². The zero-order valence-corrected chi connectivity index (χ0v) is 7.49. The first kappa shape index (κ1) is 9.30. The smallest absolute Gasteiger partial charge is 0.0609 e. The first-order valence-corrected chi connectivity index (χ1v) is 4.22. The summed E-state index contributed by atoms with van der Waals surface area (Å²) in [4.78, 5) is 0. The van der Waals surface area contributed by atoms with Gasteiger partial charge in [0.25, 0.3) is 0 Å². The van der Waals surface area contributed by atoms with Crippen molar-refractivity contribution in [3.63, 3.8) is 0 Å². The fourth-order valence-electron chi connectivity index (χ4n) is 2.38. The molecule has 1 aliphatic carbocycles. The molecule has 2 atom stereocenters. The van der Waals surface area contributed by atoms with Gasteiger partial charge in [0.15, 0.2) is 0 Å². The first-order chi connectivity index (χ1) is 4.83. The minimum atomic E-state index is -0.0116. The molecular weight excluding hydrogens is 162 g/mol. The Morgan fingerprint density at radius 3 is 2.64 bits per heavy atom. The van der Waals surface area contributed by atoms with Crippen molar-refractivity contribution in [2.45, 2.75) is 31.8 Å². The summed E-state index contributed by atoms with van der Waals surface area (Å²) in [5.41, 5.74) is 0.292. The fraction of sp³-hybridized carbons (Fsp3) is 1.00. The van der Waals surface area contributed by atoms with Crippen LogP contribution in [0.2, 0.25) is 0 Å². The van der Waals surface area contributed by atoms with Crippen molar-refractivity contribution in [2.24, 2.45) is 5.41 Å². The zero-order chi connectivity index (χ0) is 7.03. The van der Waals surface area contributed by atoms with Gasteiger partial charge in [0.05, 0.1) is 6.10 Å². The van der Waals surface area contributed by atoms with Crippen molar-refractivity contribution >= 4 is 12.4 Å². The number of nitrogens with one attached hydrogen (secondary N) is 1. The Hall–Kier alpha value is 0.210. The Morgan fingerprint density at radius 2 is 2.18 bits per heavy atom. The summed E-state index contributed by atoms with van der Waals surface area (Å²) in [6.45, 7) is 2.16. The second-order valence-electron chi connectivity index (χ2n) is 3.70. The highest BCUT2D eigenvalue weighted by Crippen LogP contribution is 2.42. The Bertz CT molecular complexity index is 129. The van der Waals surface area contributed by atoms with E-state index in [0.717, 1.165) is 19.5 Å². The van der Waals surface area contributed by atoms with Gasteiger partial charge in [-0.15, -0.1) is 12.4 Å². The number of aliphatic hydroxyl groups excluding tert-OH is 1. The Morgan fingerprint density at radius 1 is 1.36 bits per heavy atom. The standard InChI is InChI=1S/C8H15NO.ClH/c10-7-2-1-3-8(7)4-5-9-6-8;/h7,9-10H,1-6H2;1H. The molecule has 1 spiro atoms. The van der Waals surface area contributed by atoms with Gasteiger partial charge in [0, 0.05) is 12.0 Å². The van der Waals surface area contributed by atoms with E-state index in [9.17, 15) is 5.11 Å².